The van der Waals surface area contributed by atoms with Crippen molar-refractivity contribution in [1.82, 2.24) is 10.2 Å². The molecule has 0 bridgehead atoms. The molecular formula is C25H26N2O9. The fourth-order valence-electron chi connectivity index (χ4n) is 3.46. The van der Waals surface area contributed by atoms with Crippen molar-refractivity contribution in [2.45, 2.75) is 26.0 Å². The van der Waals surface area contributed by atoms with E-state index in [0.717, 1.165) is 4.90 Å². The molecule has 2 heterocycles. The van der Waals surface area contributed by atoms with Crippen molar-refractivity contribution in [1.29, 1.82) is 0 Å². The zero-order valence-corrected chi connectivity index (χ0v) is 20.3. The number of nitrogens with zero attached hydrogens (tertiary/aromatic N) is 1. The molecule has 0 aliphatic carbocycles. The second-order valence-electron chi connectivity index (χ2n) is 7.62. The van der Waals surface area contributed by atoms with Crippen molar-refractivity contribution in [2.75, 3.05) is 21.3 Å². The van der Waals surface area contributed by atoms with Crippen molar-refractivity contribution >= 4 is 30.0 Å². The maximum absolute atomic E-state index is 12.9. The van der Waals surface area contributed by atoms with Gasteiger partial charge in [0.2, 0.25) is 5.76 Å². The van der Waals surface area contributed by atoms with Crippen LogP contribution >= 0.6 is 0 Å². The van der Waals surface area contributed by atoms with Crippen LogP contribution in [0.25, 0.3) is 6.08 Å². The molecule has 1 fully saturated rings. The highest BCUT2D eigenvalue weighted by atomic mass is 16.6. The standard InChI is InChI=1S/C25H26N2O9/c1-6-7-16-10-15(12-20(32-3)21(16)35-14(2)23(29)33-4)11-18-22(28)27(25(31)26-18)13-17-8-9-19(36-17)24(30)34-5/h6,8-12,14H,1,7,13H2,2-5H3,(H,26,31)/b18-11-/t14-/m0/s1. The van der Waals surface area contributed by atoms with Gasteiger partial charge in [-0.1, -0.05) is 6.08 Å². The molecule has 3 rings (SSSR count). The van der Waals surface area contributed by atoms with E-state index >= 15 is 0 Å². The Labute approximate surface area is 207 Å². The first-order chi connectivity index (χ1) is 17.2. The molecule has 1 saturated heterocycles. The van der Waals surface area contributed by atoms with Gasteiger partial charge in [0.05, 0.1) is 27.9 Å². The fourth-order valence-corrected chi connectivity index (χ4v) is 3.46. The minimum absolute atomic E-state index is 0.0305. The van der Waals surface area contributed by atoms with Crippen LogP contribution in [0.4, 0.5) is 4.79 Å². The number of hydrogen-bond acceptors (Lipinski definition) is 9. The first-order valence-corrected chi connectivity index (χ1v) is 10.8. The molecule has 1 atom stereocenters. The van der Waals surface area contributed by atoms with Gasteiger partial charge in [0, 0.05) is 5.56 Å². The smallest absolute Gasteiger partial charge is 0.373 e. The quantitative estimate of drug-likeness (QED) is 0.227. The van der Waals surface area contributed by atoms with Gasteiger partial charge >= 0.3 is 18.0 Å². The number of ether oxygens (including phenoxy) is 4. The molecule has 1 N–H and O–H groups in total. The Morgan fingerprint density at radius 1 is 1.17 bits per heavy atom. The van der Waals surface area contributed by atoms with Crippen molar-refractivity contribution in [3.8, 4) is 11.5 Å². The van der Waals surface area contributed by atoms with Crippen LogP contribution < -0.4 is 14.8 Å². The molecule has 11 nitrogen and oxygen atoms in total. The van der Waals surface area contributed by atoms with E-state index in [2.05, 4.69) is 16.6 Å². The third-order valence-electron chi connectivity index (χ3n) is 5.20. The minimum atomic E-state index is -0.887. The van der Waals surface area contributed by atoms with E-state index in [1.54, 1.807) is 25.1 Å². The van der Waals surface area contributed by atoms with E-state index in [-0.39, 0.29) is 23.8 Å². The molecule has 0 radical (unpaired) electrons. The van der Waals surface area contributed by atoms with Gasteiger partial charge in [-0.15, -0.1) is 6.58 Å². The molecular weight excluding hydrogens is 472 g/mol. The summed E-state index contributed by atoms with van der Waals surface area (Å²) >= 11 is 0. The number of esters is 2. The lowest BCUT2D eigenvalue weighted by Crippen LogP contribution is -2.30. The molecule has 11 heteroatoms. The second-order valence-corrected chi connectivity index (χ2v) is 7.62. The number of rotatable bonds is 10. The Morgan fingerprint density at radius 2 is 1.92 bits per heavy atom. The maximum Gasteiger partial charge on any atom is 0.373 e. The summed E-state index contributed by atoms with van der Waals surface area (Å²) in [7, 11) is 3.92. The Bertz CT molecular complexity index is 1230. The van der Waals surface area contributed by atoms with Gasteiger partial charge in [-0.2, -0.15) is 0 Å². The fraction of sp³-hybridized carbons (Fsp3) is 0.280. The predicted octanol–water partition coefficient (Wildman–Crippen LogP) is 2.84. The lowest BCUT2D eigenvalue weighted by molar-refractivity contribution is -0.148. The number of nitrogens with one attached hydrogen (secondary N) is 1. The molecule has 1 aliphatic rings. The number of benzene rings is 1. The first-order valence-electron chi connectivity index (χ1n) is 10.8. The van der Waals surface area contributed by atoms with E-state index in [9.17, 15) is 19.2 Å². The van der Waals surface area contributed by atoms with E-state index < -0.39 is 30.0 Å². The van der Waals surface area contributed by atoms with E-state index in [4.69, 9.17) is 18.6 Å². The minimum Gasteiger partial charge on any atom is -0.493 e. The largest absolute Gasteiger partial charge is 0.493 e. The van der Waals surface area contributed by atoms with Crippen LogP contribution in [-0.2, 0) is 32.0 Å². The van der Waals surface area contributed by atoms with Crippen LogP contribution in [0.15, 0.2) is 47.0 Å². The molecule has 3 amide bonds. The van der Waals surface area contributed by atoms with E-state index in [1.807, 2.05) is 0 Å². The van der Waals surface area contributed by atoms with Gasteiger partial charge in [-0.05, 0) is 49.2 Å². The Kier molecular flexibility index (Phi) is 8.15. The number of amides is 3. The van der Waals surface area contributed by atoms with Crippen molar-refractivity contribution in [2.24, 2.45) is 0 Å². The average molecular weight is 498 g/mol. The van der Waals surface area contributed by atoms with Gasteiger partial charge in [-0.3, -0.25) is 9.69 Å². The Hall–Kier alpha value is -4.54. The SMILES string of the molecule is C=CCc1cc(/C=C2\NC(=O)N(Cc3ccc(C(=O)OC)o3)C2=O)cc(OC)c1O[C@@H](C)C(=O)OC. The van der Waals surface area contributed by atoms with Gasteiger partial charge in [0.25, 0.3) is 5.91 Å². The second kappa shape index (κ2) is 11.3. The summed E-state index contributed by atoms with van der Waals surface area (Å²) in [6, 6.07) is 5.57. The van der Waals surface area contributed by atoms with Crippen molar-refractivity contribution in [3.63, 3.8) is 0 Å². The highest BCUT2D eigenvalue weighted by Crippen LogP contribution is 2.35. The normalized spacial score (nSPS) is 14.9. The summed E-state index contributed by atoms with van der Waals surface area (Å²) in [5.41, 5.74) is 1.22. The molecule has 1 aliphatic heterocycles. The van der Waals surface area contributed by atoms with E-state index in [0.29, 0.717) is 29.0 Å². The molecule has 36 heavy (non-hydrogen) atoms. The van der Waals surface area contributed by atoms with Crippen LogP contribution in [-0.4, -0.2) is 56.2 Å². The predicted molar refractivity (Wildman–Crippen MR) is 126 cm³/mol. The van der Waals surface area contributed by atoms with Gasteiger partial charge < -0.3 is 28.7 Å². The lowest BCUT2D eigenvalue weighted by atomic mass is 10.0. The van der Waals surface area contributed by atoms with Crippen LogP contribution in [0, 0.1) is 0 Å². The third kappa shape index (κ3) is 5.57. The number of methoxy groups -OCH3 is 3. The Balaban J connectivity index is 1.88. The molecule has 1 aromatic heterocycles. The topological polar surface area (TPSA) is 134 Å². The molecule has 0 saturated carbocycles. The summed E-state index contributed by atoms with van der Waals surface area (Å²) in [5.74, 6) is -0.965. The zero-order valence-electron chi connectivity index (χ0n) is 20.3. The van der Waals surface area contributed by atoms with Crippen LogP contribution in [0.1, 0.15) is 34.4 Å². The first kappa shape index (κ1) is 26.1. The lowest BCUT2D eigenvalue weighted by Gasteiger charge is -2.19. The van der Waals surface area contributed by atoms with Gasteiger partial charge in [0.1, 0.15) is 11.5 Å². The summed E-state index contributed by atoms with van der Waals surface area (Å²) < 4.78 is 25.9. The molecule has 190 valence electrons. The van der Waals surface area contributed by atoms with Gasteiger partial charge in [0.15, 0.2) is 17.6 Å². The molecule has 1 aromatic carbocycles. The summed E-state index contributed by atoms with van der Waals surface area (Å²) in [6.07, 6.45) is 2.63. The summed E-state index contributed by atoms with van der Waals surface area (Å²) in [5, 5.41) is 2.53. The average Bonchev–Trinajstić information content (AvgIpc) is 3.44. The number of imide groups is 1. The number of hydrogen-bond donors (Lipinski definition) is 1. The molecule has 0 spiro atoms. The number of carbonyl (C=O) groups excluding carboxylic acids is 4. The summed E-state index contributed by atoms with van der Waals surface area (Å²) in [4.78, 5) is 49.7. The monoisotopic (exact) mass is 498 g/mol. The van der Waals surface area contributed by atoms with Crippen LogP contribution in [0.5, 0.6) is 11.5 Å². The third-order valence-corrected chi connectivity index (χ3v) is 5.20. The number of furan rings is 1. The number of urea groups is 1. The van der Waals surface area contributed by atoms with Crippen LogP contribution in [0.3, 0.4) is 0 Å². The highest BCUT2D eigenvalue weighted by Gasteiger charge is 2.34. The van der Waals surface area contributed by atoms with E-state index in [1.165, 1.54) is 39.5 Å². The van der Waals surface area contributed by atoms with Crippen molar-refractivity contribution < 1.29 is 42.5 Å². The molecule has 0 unspecified atom stereocenters. The number of allylic oxidation sites excluding steroid dienone is 1. The number of carbonyl (C=O) groups is 4. The summed E-state index contributed by atoms with van der Waals surface area (Å²) in [6.45, 7) is 5.12. The Morgan fingerprint density at radius 3 is 2.56 bits per heavy atom. The maximum atomic E-state index is 12.9. The van der Waals surface area contributed by atoms with Gasteiger partial charge in [-0.25, -0.2) is 14.4 Å². The zero-order chi connectivity index (χ0) is 26.4. The highest BCUT2D eigenvalue weighted by molar-refractivity contribution is 6.13. The van der Waals surface area contributed by atoms with Crippen LogP contribution in [0.2, 0.25) is 0 Å². The molecule has 2 aromatic rings. The van der Waals surface area contributed by atoms with Crippen molar-refractivity contribution in [3.05, 3.63) is 65.3 Å².